The molecule has 1 aliphatic heterocycles. The summed E-state index contributed by atoms with van der Waals surface area (Å²) in [5.41, 5.74) is 0.507. The van der Waals surface area contributed by atoms with Crippen molar-refractivity contribution in [1.29, 1.82) is 10.7 Å². The molecule has 0 saturated carbocycles. The van der Waals surface area contributed by atoms with E-state index in [0.29, 0.717) is 25.1 Å². The summed E-state index contributed by atoms with van der Waals surface area (Å²) >= 11 is 0. The lowest BCUT2D eigenvalue weighted by molar-refractivity contribution is -0.138. The van der Waals surface area contributed by atoms with Gasteiger partial charge in [-0.25, -0.2) is 0 Å². The van der Waals surface area contributed by atoms with E-state index < -0.39 is 5.97 Å². The highest BCUT2D eigenvalue weighted by Crippen LogP contribution is 2.13. The van der Waals surface area contributed by atoms with Gasteiger partial charge < -0.3 is 10.5 Å². The highest BCUT2D eigenvalue weighted by Gasteiger charge is 2.26. The fraction of sp³-hybridized carbons (Fsp3) is 0.625. The van der Waals surface area contributed by atoms with Gasteiger partial charge in [0.1, 0.15) is 0 Å². The molecular weight excluding hydrogens is 170 g/mol. The second-order valence-electron chi connectivity index (χ2n) is 3.09. The van der Waals surface area contributed by atoms with Crippen LogP contribution in [-0.2, 0) is 4.79 Å². The minimum Gasteiger partial charge on any atom is -0.480 e. The molecule has 1 fully saturated rings. The smallest absolute Gasteiger partial charge is 0.317 e. The van der Waals surface area contributed by atoms with Gasteiger partial charge in [0, 0.05) is 12.3 Å². The van der Waals surface area contributed by atoms with Gasteiger partial charge in [-0.1, -0.05) is 0 Å². The van der Waals surface area contributed by atoms with Crippen molar-refractivity contribution in [2.24, 2.45) is 0 Å². The summed E-state index contributed by atoms with van der Waals surface area (Å²) in [6.07, 6.45) is 1.18. The van der Waals surface area contributed by atoms with Crippen LogP contribution in [0, 0.1) is 16.7 Å². The van der Waals surface area contributed by atoms with E-state index in [1.807, 2.05) is 6.07 Å². The Labute approximate surface area is 76.1 Å². The van der Waals surface area contributed by atoms with Crippen LogP contribution < -0.4 is 0 Å². The summed E-state index contributed by atoms with van der Waals surface area (Å²) in [7, 11) is 0. The molecule has 1 unspecified atom stereocenters. The Balaban J connectivity index is 2.61. The molecule has 1 aliphatic rings. The van der Waals surface area contributed by atoms with Gasteiger partial charge in [0.05, 0.1) is 18.7 Å². The van der Waals surface area contributed by atoms with Crippen LogP contribution in [0.15, 0.2) is 0 Å². The molecule has 1 saturated heterocycles. The van der Waals surface area contributed by atoms with E-state index in [1.165, 1.54) is 4.90 Å². The van der Waals surface area contributed by atoms with Crippen molar-refractivity contribution in [2.75, 3.05) is 13.1 Å². The second-order valence-corrected chi connectivity index (χ2v) is 3.09. The topological polar surface area (TPSA) is 88.2 Å². The van der Waals surface area contributed by atoms with Gasteiger partial charge >= 0.3 is 5.97 Å². The number of hydrogen-bond acceptors (Lipinski definition) is 4. The summed E-state index contributed by atoms with van der Waals surface area (Å²) in [6.45, 7) is 0.158. The third-order valence-corrected chi connectivity index (χ3v) is 2.04. The minimum absolute atomic E-state index is 0.152. The fourth-order valence-electron chi connectivity index (χ4n) is 1.41. The maximum Gasteiger partial charge on any atom is 0.317 e. The monoisotopic (exact) mass is 181 g/mol. The van der Waals surface area contributed by atoms with Crippen LogP contribution in [0.25, 0.3) is 0 Å². The predicted octanol–water partition coefficient (Wildman–Crippen LogP) is 0.0788. The maximum atomic E-state index is 10.4. The van der Waals surface area contributed by atoms with Crippen LogP contribution in [0.2, 0.25) is 0 Å². The molecule has 1 rings (SSSR count). The van der Waals surface area contributed by atoms with Crippen LogP contribution in [-0.4, -0.2) is 40.8 Å². The standard InChI is InChI=1S/C8H11N3O2/c9-3-7-2-1-6(10)4-11(7)5-8(12)13/h7,10H,1-2,4-5H2,(H,12,13). The van der Waals surface area contributed by atoms with Crippen molar-refractivity contribution >= 4 is 11.7 Å². The molecule has 5 heteroatoms. The Morgan fingerprint density at radius 2 is 2.54 bits per heavy atom. The molecule has 1 heterocycles. The van der Waals surface area contributed by atoms with Crippen LogP contribution in [0.4, 0.5) is 0 Å². The molecule has 5 nitrogen and oxygen atoms in total. The first-order valence-electron chi connectivity index (χ1n) is 4.05. The number of carboxylic acid groups (broad SMARTS) is 1. The van der Waals surface area contributed by atoms with Crippen LogP contribution >= 0.6 is 0 Å². The first-order chi connectivity index (χ1) is 6.13. The highest BCUT2D eigenvalue weighted by atomic mass is 16.4. The number of aliphatic carboxylic acids is 1. The number of nitrogens with zero attached hydrogens (tertiary/aromatic N) is 2. The number of likely N-dealkylation sites (tertiary alicyclic amines) is 1. The number of piperidine rings is 1. The number of carbonyl (C=O) groups is 1. The molecule has 2 N–H and O–H groups in total. The molecule has 0 aromatic rings. The average molecular weight is 181 g/mol. The molecule has 0 bridgehead atoms. The summed E-state index contributed by atoms with van der Waals surface area (Å²) in [4.78, 5) is 11.9. The van der Waals surface area contributed by atoms with E-state index in [2.05, 4.69) is 0 Å². The zero-order valence-electron chi connectivity index (χ0n) is 7.16. The summed E-state index contributed by atoms with van der Waals surface area (Å²) in [6, 6.07) is 1.70. The van der Waals surface area contributed by atoms with E-state index in [-0.39, 0.29) is 12.6 Å². The quantitative estimate of drug-likeness (QED) is 0.631. The van der Waals surface area contributed by atoms with Crippen LogP contribution in [0.5, 0.6) is 0 Å². The van der Waals surface area contributed by atoms with Crippen molar-refractivity contribution in [3.63, 3.8) is 0 Å². The maximum absolute atomic E-state index is 10.4. The van der Waals surface area contributed by atoms with Gasteiger partial charge in [-0.3, -0.25) is 9.69 Å². The first kappa shape index (κ1) is 9.68. The summed E-state index contributed by atoms with van der Waals surface area (Å²) in [5, 5.41) is 24.6. The van der Waals surface area contributed by atoms with Gasteiger partial charge in [0.15, 0.2) is 0 Å². The number of nitrogens with one attached hydrogen (secondary N) is 1. The van der Waals surface area contributed by atoms with Crippen molar-refractivity contribution in [3.05, 3.63) is 0 Å². The lowest BCUT2D eigenvalue weighted by atomic mass is 10.0. The van der Waals surface area contributed by atoms with Gasteiger partial charge in [0.2, 0.25) is 0 Å². The van der Waals surface area contributed by atoms with Crippen molar-refractivity contribution < 1.29 is 9.90 Å². The zero-order valence-corrected chi connectivity index (χ0v) is 7.16. The number of hydrogen-bond donors (Lipinski definition) is 2. The Bertz CT molecular complexity index is 267. The van der Waals surface area contributed by atoms with Crippen molar-refractivity contribution in [3.8, 4) is 6.07 Å². The molecule has 13 heavy (non-hydrogen) atoms. The van der Waals surface area contributed by atoms with Gasteiger partial charge in [-0.05, 0) is 12.8 Å². The molecule has 70 valence electrons. The number of nitriles is 1. The Morgan fingerprint density at radius 1 is 1.85 bits per heavy atom. The van der Waals surface area contributed by atoms with E-state index in [0.717, 1.165) is 0 Å². The van der Waals surface area contributed by atoms with Gasteiger partial charge in [-0.15, -0.1) is 0 Å². The van der Waals surface area contributed by atoms with Crippen LogP contribution in [0.3, 0.4) is 0 Å². The molecule has 0 aliphatic carbocycles. The fourth-order valence-corrected chi connectivity index (χ4v) is 1.41. The molecule has 0 spiro atoms. The molecule has 1 atom stereocenters. The lowest BCUT2D eigenvalue weighted by Crippen LogP contribution is -2.45. The summed E-state index contributed by atoms with van der Waals surface area (Å²) in [5.74, 6) is -0.949. The molecule has 0 aromatic heterocycles. The van der Waals surface area contributed by atoms with Gasteiger partial charge in [0.25, 0.3) is 0 Å². The second kappa shape index (κ2) is 4.01. The molecule has 0 radical (unpaired) electrons. The Kier molecular flexibility index (Phi) is 2.98. The molecule has 0 amide bonds. The lowest BCUT2D eigenvalue weighted by Gasteiger charge is -2.29. The SMILES string of the molecule is N#CC1CCC(=N)CN1CC(=O)O. The summed E-state index contributed by atoms with van der Waals surface area (Å²) < 4.78 is 0. The largest absolute Gasteiger partial charge is 0.480 e. The third-order valence-electron chi connectivity index (χ3n) is 2.04. The van der Waals surface area contributed by atoms with Crippen molar-refractivity contribution in [1.82, 2.24) is 4.90 Å². The normalized spacial score (nSPS) is 23.9. The highest BCUT2D eigenvalue weighted by molar-refractivity contribution is 5.84. The van der Waals surface area contributed by atoms with Gasteiger partial charge in [-0.2, -0.15) is 5.26 Å². The number of carboxylic acids is 1. The van der Waals surface area contributed by atoms with E-state index >= 15 is 0 Å². The zero-order chi connectivity index (χ0) is 9.84. The van der Waals surface area contributed by atoms with E-state index in [9.17, 15) is 4.79 Å². The first-order valence-corrected chi connectivity index (χ1v) is 4.05. The Morgan fingerprint density at radius 3 is 3.08 bits per heavy atom. The van der Waals surface area contributed by atoms with Crippen LogP contribution in [0.1, 0.15) is 12.8 Å². The van der Waals surface area contributed by atoms with Crippen molar-refractivity contribution in [2.45, 2.75) is 18.9 Å². The number of rotatable bonds is 2. The Hall–Kier alpha value is -1.41. The van der Waals surface area contributed by atoms with E-state index in [1.54, 1.807) is 0 Å². The molecular formula is C8H11N3O2. The van der Waals surface area contributed by atoms with E-state index in [4.69, 9.17) is 15.8 Å². The minimum atomic E-state index is -0.949. The third kappa shape index (κ3) is 2.53. The average Bonchev–Trinajstić information content (AvgIpc) is 2.03. The predicted molar refractivity (Wildman–Crippen MR) is 45.6 cm³/mol. The molecule has 0 aromatic carbocycles.